The molecule has 0 saturated heterocycles. The van der Waals surface area contributed by atoms with Crippen molar-refractivity contribution in [1.29, 1.82) is 0 Å². The van der Waals surface area contributed by atoms with E-state index in [9.17, 15) is 13.6 Å². The van der Waals surface area contributed by atoms with Crippen LogP contribution in [0.4, 0.5) is 8.78 Å². The summed E-state index contributed by atoms with van der Waals surface area (Å²) in [5.74, 6) is -3.42. The second-order valence-corrected chi connectivity index (χ2v) is 4.17. The van der Waals surface area contributed by atoms with Crippen LogP contribution in [-0.2, 0) is 4.79 Å². The summed E-state index contributed by atoms with van der Waals surface area (Å²) >= 11 is 0. The van der Waals surface area contributed by atoms with E-state index in [1.165, 1.54) is 0 Å². The van der Waals surface area contributed by atoms with Crippen LogP contribution >= 0.6 is 0 Å². The molecule has 1 amide bonds. The molecule has 0 aliphatic heterocycles. The molecular weight excluding hydrogens is 218 g/mol. The molecule has 0 atom stereocenters. The van der Waals surface area contributed by atoms with Gasteiger partial charge in [-0.3, -0.25) is 4.79 Å². The van der Waals surface area contributed by atoms with Crippen molar-refractivity contribution >= 4 is 5.91 Å². The van der Waals surface area contributed by atoms with Gasteiger partial charge >= 0.3 is 0 Å². The fourth-order valence-corrected chi connectivity index (χ4v) is 1.76. The molecular formula is C10H18F2N2O2. The zero-order chi connectivity index (χ0) is 12.0. The number of carbonyl (C=O) groups excluding carboxylic acids is 1. The van der Waals surface area contributed by atoms with Crippen molar-refractivity contribution in [3.63, 3.8) is 0 Å². The molecule has 16 heavy (non-hydrogen) atoms. The Kier molecular flexibility index (Phi) is 5.08. The van der Waals surface area contributed by atoms with Gasteiger partial charge in [0.2, 0.25) is 5.91 Å². The Labute approximate surface area is 93.4 Å². The summed E-state index contributed by atoms with van der Waals surface area (Å²) in [6.45, 7) is -2.02. The third-order valence-electron chi connectivity index (χ3n) is 2.62. The molecule has 1 fully saturated rings. The highest BCUT2D eigenvalue weighted by molar-refractivity contribution is 5.78. The predicted octanol–water partition coefficient (Wildman–Crippen LogP) is 0.262. The van der Waals surface area contributed by atoms with Crippen LogP contribution < -0.4 is 10.6 Å². The number of aliphatic hydroxyl groups is 1. The molecule has 0 spiro atoms. The van der Waals surface area contributed by atoms with Crippen molar-refractivity contribution in [3.05, 3.63) is 0 Å². The zero-order valence-corrected chi connectivity index (χ0v) is 9.14. The van der Waals surface area contributed by atoms with Gasteiger partial charge in [0.25, 0.3) is 5.92 Å². The van der Waals surface area contributed by atoms with Gasteiger partial charge in [-0.2, -0.15) is 0 Å². The van der Waals surface area contributed by atoms with Crippen LogP contribution in [-0.4, -0.2) is 42.7 Å². The second-order valence-electron chi connectivity index (χ2n) is 4.17. The minimum atomic E-state index is -3.16. The lowest BCUT2D eigenvalue weighted by Crippen LogP contribution is -2.43. The molecule has 0 unspecified atom stereocenters. The molecule has 0 aromatic rings. The van der Waals surface area contributed by atoms with Gasteiger partial charge in [-0.25, -0.2) is 8.78 Å². The van der Waals surface area contributed by atoms with E-state index in [1.807, 2.05) is 0 Å². The SMILES string of the molecule is O=C(CNCC(F)(F)CO)NC1CCCC1. The van der Waals surface area contributed by atoms with E-state index < -0.39 is 19.1 Å². The first-order chi connectivity index (χ1) is 7.53. The van der Waals surface area contributed by atoms with Gasteiger partial charge in [0.15, 0.2) is 0 Å². The normalized spacial score (nSPS) is 17.7. The van der Waals surface area contributed by atoms with Gasteiger partial charge in [-0.15, -0.1) is 0 Å². The molecule has 1 aliphatic rings. The molecule has 6 heteroatoms. The summed E-state index contributed by atoms with van der Waals surface area (Å²) in [6.07, 6.45) is 4.17. The predicted molar refractivity (Wildman–Crippen MR) is 55.3 cm³/mol. The smallest absolute Gasteiger partial charge is 0.282 e. The van der Waals surface area contributed by atoms with Gasteiger partial charge < -0.3 is 15.7 Å². The Morgan fingerprint density at radius 2 is 2.00 bits per heavy atom. The van der Waals surface area contributed by atoms with E-state index in [4.69, 9.17) is 5.11 Å². The maximum absolute atomic E-state index is 12.6. The van der Waals surface area contributed by atoms with E-state index in [0.717, 1.165) is 25.7 Å². The maximum atomic E-state index is 12.6. The first-order valence-electron chi connectivity index (χ1n) is 5.52. The molecule has 0 aromatic carbocycles. The van der Waals surface area contributed by atoms with Crippen molar-refractivity contribution in [1.82, 2.24) is 10.6 Å². The molecule has 1 rings (SSSR count). The Balaban J connectivity index is 2.10. The number of hydrogen-bond acceptors (Lipinski definition) is 3. The van der Waals surface area contributed by atoms with E-state index >= 15 is 0 Å². The minimum Gasteiger partial charge on any atom is -0.390 e. The van der Waals surface area contributed by atoms with E-state index in [-0.39, 0.29) is 18.5 Å². The summed E-state index contributed by atoms with van der Waals surface area (Å²) in [5.41, 5.74) is 0. The molecule has 0 radical (unpaired) electrons. The van der Waals surface area contributed by atoms with Crippen LogP contribution in [0.5, 0.6) is 0 Å². The highest BCUT2D eigenvalue weighted by Gasteiger charge is 2.27. The number of alkyl halides is 2. The number of nitrogens with one attached hydrogen (secondary N) is 2. The first kappa shape index (κ1) is 13.3. The largest absolute Gasteiger partial charge is 0.390 e. The van der Waals surface area contributed by atoms with Crippen molar-refractivity contribution in [2.24, 2.45) is 0 Å². The van der Waals surface area contributed by atoms with Crippen molar-refractivity contribution in [3.8, 4) is 0 Å². The highest BCUT2D eigenvalue weighted by Crippen LogP contribution is 2.17. The average molecular weight is 236 g/mol. The molecule has 0 bridgehead atoms. The summed E-state index contributed by atoms with van der Waals surface area (Å²) in [4.78, 5) is 11.3. The van der Waals surface area contributed by atoms with E-state index in [1.54, 1.807) is 0 Å². The van der Waals surface area contributed by atoms with E-state index in [2.05, 4.69) is 10.6 Å². The Morgan fingerprint density at radius 3 is 2.56 bits per heavy atom. The second kappa shape index (κ2) is 6.10. The molecule has 94 valence electrons. The van der Waals surface area contributed by atoms with Gasteiger partial charge in [0, 0.05) is 6.04 Å². The highest BCUT2D eigenvalue weighted by atomic mass is 19.3. The third kappa shape index (κ3) is 4.85. The van der Waals surface area contributed by atoms with E-state index in [0.29, 0.717) is 0 Å². The molecule has 1 saturated carbocycles. The molecule has 0 heterocycles. The van der Waals surface area contributed by atoms with Gasteiger partial charge in [-0.1, -0.05) is 12.8 Å². The number of rotatable bonds is 6. The summed E-state index contributed by atoms with van der Waals surface area (Å²) in [5, 5.41) is 13.4. The minimum absolute atomic E-state index is 0.133. The molecule has 4 nitrogen and oxygen atoms in total. The lowest BCUT2D eigenvalue weighted by atomic mass is 10.2. The third-order valence-corrected chi connectivity index (χ3v) is 2.62. The van der Waals surface area contributed by atoms with Crippen molar-refractivity contribution in [2.75, 3.05) is 19.7 Å². The van der Waals surface area contributed by atoms with Crippen LogP contribution in [0.1, 0.15) is 25.7 Å². The Morgan fingerprint density at radius 1 is 1.38 bits per heavy atom. The van der Waals surface area contributed by atoms with Crippen molar-refractivity contribution in [2.45, 2.75) is 37.6 Å². The maximum Gasteiger partial charge on any atom is 0.282 e. The summed E-state index contributed by atoms with van der Waals surface area (Å²) in [6, 6.07) is 0.202. The van der Waals surface area contributed by atoms with Gasteiger partial charge in [0.05, 0.1) is 13.1 Å². The first-order valence-corrected chi connectivity index (χ1v) is 5.52. The van der Waals surface area contributed by atoms with Crippen molar-refractivity contribution < 1.29 is 18.7 Å². The monoisotopic (exact) mass is 236 g/mol. The number of hydrogen-bond donors (Lipinski definition) is 3. The average Bonchev–Trinajstić information content (AvgIpc) is 2.70. The lowest BCUT2D eigenvalue weighted by Gasteiger charge is -2.15. The van der Waals surface area contributed by atoms with Crippen LogP contribution in [0, 0.1) is 0 Å². The number of carbonyl (C=O) groups is 1. The fraction of sp³-hybridized carbons (Fsp3) is 0.900. The van der Waals surface area contributed by atoms with Crippen LogP contribution in [0.25, 0.3) is 0 Å². The van der Waals surface area contributed by atoms with Gasteiger partial charge in [0.1, 0.15) is 6.61 Å². The zero-order valence-electron chi connectivity index (χ0n) is 9.14. The Hall–Kier alpha value is -0.750. The molecule has 3 N–H and O–H groups in total. The molecule has 1 aliphatic carbocycles. The van der Waals surface area contributed by atoms with Crippen LogP contribution in [0.15, 0.2) is 0 Å². The fourth-order valence-electron chi connectivity index (χ4n) is 1.76. The number of halogens is 2. The standard InChI is InChI=1S/C10H18F2N2O2/c11-10(12,7-15)6-13-5-9(16)14-8-3-1-2-4-8/h8,13,15H,1-7H2,(H,14,16). The quantitative estimate of drug-likeness (QED) is 0.620. The number of amides is 1. The Bertz CT molecular complexity index is 231. The lowest BCUT2D eigenvalue weighted by molar-refractivity contribution is -0.121. The molecule has 0 aromatic heterocycles. The topological polar surface area (TPSA) is 61.4 Å². The summed E-state index contributed by atoms with van der Waals surface area (Å²) in [7, 11) is 0. The van der Waals surface area contributed by atoms with Crippen LogP contribution in [0.2, 0.25) is 0 Å². The summed E-state index contributed by atoms with van der Waals surface area (Å²) < 4.78 is 25.1. The van der Waals surface area contributed by atoms with Crippen LogP contribution in [0.3, 0.4) is 0 Å². The number of aliphatic hydroxyl groups excluding tert-OH is 1. The van der Waals surface area contributed by atoms with Gasteiger partial charge in [-0.05, 0) is 12.8 Å².